The van der Waals surface area contributed by atoms with Gasteiger partial charge in [-0.3, -0.25) is 9.89 Å². The Labute approximate surface area is 152 Å². The first-order chi connectivity index (χ1) is 12.0. The van der Waals surface area contributed by atoms with Crippen molar-refractivity contribution in [2.24, 2.45) is 5.10 Å². The van der Waals surface area contributed by atoms with E-state index >= 15 is 0 Å². The maximum Gasteiger partial charge on any atom is 0.289 e. The largest absolute Gasteiger partial charge is 0.507 e. The first-order valence-electron chi connectivity index (χ1n) is 7.49. The highest BCUT2D eigenvalue weighted by Gasteiger charge is 2.11. The normalized spacial score (nSPS) is 11.4. The molecule has 0 aliphatic carbocycles. The lowest BCUT2D eigenvalue weighted by atomic mass is 10.1. The Bertz CT molecular complexity index is 932. The molecule has 25 heavy (non-hydrogen) atoms. The third-order valence-corrected chi connectivity index (χ3v) is 4.11. The van der Waals surface area contributed by atoms with Crippen LogP contribution in [0.5, 0.6) is 5.75 Å². The summed E-state index contributed by atoms with van der Waals surface area (Å²) in [6.45, 7) is 1.70. The van der Waals surface area contributed by atoms with Gasteiger partial charge < -0.3 is 5.11 Å². The Kier molecular flexibility index (Phi) is 4.95. The Morgan fingerprint density at radius 3 is 2.64 bits per heavy atom. The molecule has 0 bridgehead atoms. The SMILES string of the molecule is C/C(=N\NC(=O)c1cc(-c2ccc(Br)cc2)n[nH]1)c1ccccc1O. The first-order valence-corrected chi connectivity index (χ1v) is 8.28. The van der Waals surface area contributed by atoms with Gasteiger partial charge in [0.15, 0.2) is 0 Å². The molecule has 0 radical (unpaired) electrons. The van der Waals surface area contributed by atoms with Crippen molar-refractivity contribution in [2.75, 3.05) is 0 Å². The molecule has 0 saturated heterocycles. The molecule has 0 aliphatic heterocycles. The van der Waals surface area contributed by atoms with Crippen LogP contribution in [0.4, 0.5) is 0 Å². The van der Waals surface area contributed by atoms with Crippen LogP contribution in [0.25, 0.3) is 11.3 Å². The topological polar surface area (TPSA) is 90.4 Å². The van der Waals surface area contributed by atoms with Gasteiger partial charge in [0.25, 0.3) is 5.91 Å². The molecule has 0 aliphatic rings. The Balaban J connectivity index is 1.73. The lowest BCUT2D eigenvalue weighted by Gasteiger charge is -2.03. The first kappa shape index (κ1) is 16.9. The van der Waals surface area contributed by atoms with E-state index < -0.39 is 5.91 Å². The molecule has 3 aromatic rings. The van der Waals surface area contributed by atoms with Crippen LogP contribution >= 0.6 is 15.9 Å². The van der Waals surface area contributed by atoms with Gasteiger partial charge in [-0.15, -0.1) is 0 Å². The molecule has 0 fully saturated rings. The number of hydrogen-bond donors (Lipinski definition) is 3. The number of carbonyl (C=O) groups excluding carboxylic acids is 1. The number of hydrazone groups is 1. The second-order valence-electron chi connectivity index (χ2n) is 5.33. The summed E-state index contributed by atoms with van der Waals surface area (Å²) in [5.74, 6) is -0.303. The number of hydrogen-bond acceptors (Lipinski definition) is 4. The van der Waals surface area contributed by atoms with Crippen molar-refractivity contribution in [1.82, 2.24) is 15.6 Å². The highest BCUT2D eigenvalue weighted by atomic mass is 79.9. The predicted octanol–water partition coefficient (Wildman–Crippen LogP) is 3.70. The summed E-state index contributed by atoms with van der Waals surface area (Å²) >= 11 is 3.38. The van der Waals surface area contributed by atoms with Crippen molar-refractivity contribution >= 4 is 27.5 Å². The zero-order valence-corrected chi connectivity index (χ0v) is 14.9. The van der Waals surface area contributed by atoms with E-state index in [0.717, 1.165) is 10.0 Å². The van der Waals surface area contributed by atoms with Gasteiger partial charge >= 0.3 is 0 Å². The number of nitrogens with one attached hydrogen (secondary N) is 2. The fourth-order valence-corrected chi connectivity index (χ4v) is 2.51. The third-order valence-electron chi connectivity index (χ3n) is 3.58. The molecule has 0 unspecified atom stereocenters. The Morgan fingerprint density at radius 2 is 1.92 bits per heavy atom. The molecule has 1 amide bonds. The number of amides is 1. The van der Waals surface area contributed by atoms with E-state index in [2.05, 4.69) is 36.7 Å². The maximum atomic E-state index is 12.2. The summed E-state index contributed by atoms with van der Waals surface area (Å²) in [5, 5.41) is 20.7. The highest BCUT2D eigenvalue weighted by molar-refractivity contribution is 9.10. The number of benzene rings is 2. The minimum absolute atomic E-state index is 0.108. The minimum atomic E-state index is -0.411. The van der Waals surface area contributed by atoms with E-state index in [1.54, 1.807) is 37.3 Å². The van der Waals surface area contributed by atoms with E-state index in [-0.39, 0.29) is 5.75 Å². The smallest absolute Gasteiger partial charge is 0.289 e. The van der Waals surface area contributed by atoms with Crippen LogP contribution in [0.3, 0.4) is 0 Å². The van der Waals surface area contributed by atoms with Crippen LogP contribution in [0.2, 0.25) is 0 Å². The van der Waals surface area contributed by atoms with Crippen LogP contribution in [0.1, 0.15) is 23.0 Å². The predicted molar refractivity (Wildman–Crippen MR) is 99.5 cm³/mol. The number of phenolic OH excluding ortho intramolecular Hbond substituents is 1. The number of nitrogens with zero attached hydrogens (tertiary/aromatic N) is 2. The Hall–Kier alpha value is -2.93. The number of phenols is 1. The lowest BCUT2D eigenvalue weighted by Crippen LogP contribution is -2.19. The lowest BCUT2D eigenvalue weighted by molar-refractivity contribution is 0.0950. The fraction of sp³-hybridized carbons (Fsp3) is 0.0556. The minimum Gasteiger partial charge on any atom is -0.507 e. The van der Waals surface area contributed by atoms with Gasteiger partial charge in [0.05, 0.1) is 11.4 Å². The van der Waals surface area contributed by atoms with Crippen LogP contribution in [0.15, 0.2) is 64.2 Å². The highest BCUT2D eigenvalue weighted by Crippen LogP contribution is 2.20. The molecule has 1 heterocycles. The van der Waals surface area contributed by atoms with Gasteiger partial charge in [0, 0.05) is 15.6 Å². The number of para-hydroxylation sites is 1. The average molecular weight is 399 g/mol. The quantitative estimate of drug-likeness (QED) is 0.462. The van der Waals surface area contributed by atoms with Gasteiger partial charge in [-0.1, -0.05) is 40.2 Å². The van der Waals surface area contributed by atoms with Crippen LogP contribution in [-0.4, -0.2) is 26.9 Å². The van der Waals surface area contributed by atoms with Crippen LogP contribution in [-0.2, 0) is 0 Å². The third kappa shape index (κ3) is 3.95. The molecule has 0 atom stereocenters. The molecule has 7 heteroatoms. The number of aromatic amines is 1. The number of aromatic hydroxyl groups is 1. The van der Waals surface area contributed by atoms with Crippen molar-refractivity contribution in [2.45, 2.75) is 6.92 Å². The van der Waals surface area contributed by atoms with Gasteiger partial charge in [-0.25, -0.2) is 5.43 Å². The van der Waals surface area contributed by atoms with Crippen molar-refractivity contribution in [3.05, 3.63) is 70.3 Å². The fourth-order valence-electron chi connectivity index (χ4n) is 2.24. The molecular formula is C18H15BrN4O2. The van der Waals surface area contributed by atoms with Crippen LogP contribution < -0.4 is 5.43 Å². The van der Waals surface area contributed by atoms with E-state index in [1.807, 2.05) is 24.3 Å². The summed E-state index contributed by atoms with van der Waals surface area (Å²) in [6, 6.07) is 16.1. The van der Waals surface area contributed by atoms with Gasteiger partial charge in [-0.2, -0.15) is 10.2 Å². The molecule has 6 nitrogen and oxygen atoms in total. The number of H-pyrrole nitrogens is 1. The van der Waals surface area contributed by atoms with Gasteiger partial charge in [0.2, 0.25) is 0 Å². The zero-order chi connectivity index (χ0) is 17.8. The zero-order valence-electron chi connectivity index (χ0n) is 13.3. The van der Waals surface area contributed by atoms with Crippen molar-refractivity contribution in [1.29, 1.82) is 0 Å². The molecule has 3 N–H and O–H groups in total. The van der Waals surface area contributed by atoms with E-state index in [9.17, 15) is 9.90 Å². The van der Waals surface area contributed by atoms with Crippen LogP contribution in [0, 0.1) is 0 Å². The van der Waals surface area contributed by atoms with Crippen molar-refractivity contribution < 1.29 is 9.90 Å². The number of rotatable bonds is 4. The molecule has 0 saturated carbocycles. The van der Waals surface area contributed by atoms with E-state index in [1.165, 1.54) is 0 Å². The second kappa shape index (κ2) is 7.31. The molecule has 2 aromatic carbocycles. The number of halogens is 1. The molecule has 0 spiro atoms. The molecule has 126 valence electrons. The van der Waals surface area contributed by atoms with Gasteiger partial charge in [-0.05, 0) is 37.3 Å². The van der Waals surface area contributed by atoms with Crippen molar-refractivity contribution in [3.8, 4) is 17.0 Å². The average Bonchev–Trinajstić information content (AvgIpc) is 3.10. The summed E-state index contributed by atoms with van der Waals surface area (Å²) in [5.41, 5.74) is 5.37. The summed E-state index contributed by atoms with van der Waals surface area (Å²) < 4.78 is 0.971. The van der Waals surface area contributed by atoms with E-state index in [4.69, 9.17) is 0 Å². The summed E-state index contributed by atoms with van der Waals surface area (Å²) in [4.78, 5) is 12.2. The molecule has 1 aromatic heterocycles. The van der Waals surface area contributed by atoms with Crippen molar-refractivity contribution in [3.63, 3.8) is 0 Å². The standard InChI is InChI=1S/C18H15BrN4O2/c1-11(14-4-2-3-5-17(14)24)20-23-18(25)16-10-15(21-22-16)12-6-8-13(19)9-7-12/h2-10,24H,1H3,(H,21,22)(H,23,25)/b20-11+. The molecule has 3 rings (SSSR count). The molecular weight excluding hydrogens is 384 g/mol. The number of aromatic nitrogens is 2. The van der Waals surface area contributed by atoms with E-state index in [0.29, 0.717) is 22.7 Å². The second-order valence-corrected chi connectivity index (χ2v) is 6.24. The number of carbonyl (C=O) groups is 1. The Morgan fingerprint density at radius 1 is 1.20 bits per heavy atom. The summed E-state index contributed by atoms with van der Waals surface area (Å²) in [6.07, 6.45) is 0. The monoisotopic (exact) mass is 398 g/mol. The summed E-state index contributed by atoms with van der Waals surface area (Å²) in [7, 11) is 0. The van der Waals surface area contributed by atoms with Gasteiger partial charge in [0.1, 0.15) is 11.4 Å². The maximum absolute atomic E-state index is 12.2.